The Morgan fingerprint density at radius 2 is 1.88 bits per heavy atom. The normalized spacial score (nSPS) is 18.8. The van der Waals surface area contributed by atoms with E-state index in [-0.39, 0.29) is 6.54 Å². The van der Waals surface area contributed by atoms with E-state index in [4.69, 9.17) is 4.74 Å². The van der Waals surface area contributed by atoms with Crippen LogP contribution >= 0.6 is 0 Å². The Labute approximate surface area is 154 Å². The number of imide groups is 1. The summed E-state index contributed by atoms with van der Waals surface area (Å²) in [7, 11) is 1.56. The summed E-state index contributed by atoms with van der Waals surface area (Å²) in [6.07, 6.45) is 0. The maximum Gasteiger partial charge on any atom is 0.331 e. The average molecular weight is 361 g/mol. The third-order valence-electron chi connectivity index (χ3n) is 4.03. The minimum Gasteiger partial charge on any atom is -0.458 e. The molecular formula is C19H27N3O4. The summed E-state index contributed by atoms with van der Waals surface area (Å²) in [4.78, 5) is 40.0. The molecular weight excluding hydrogens is 334 g/mol. The van der Waals surface area contributed by atoms with Gasteiger partial charge < -0.3 is 15.0 Å². The maximum absolute atomic E-state index is 12.8. The number of ether oxygens (including phenoxy) is 1. The lowest BCUT2D eigenvalue weighted by molar-refractivity contribution is -0.161. The second kappa shape index (κ2) is 7.86. The molecule has 2 atom stereocenters. The summed E-state index contributed by atoms with van der Waals surface area (Å²) >= 11 is 0. The first-order valence-corrected chi connectivity index (χ1v) is 8.68. The lowest BCUT2D eigenvalue weighted by Gasteiger charge is -2.27. The van der Waals surface area contributed by atoms with Gasteiger partial charge in [-0.2, -0.15) is 0 Å². The van der Waals surface area contributed by atoms with Crippen LogP contribution < -0.4 is 5.32 Å². The molecule has 1 aliphatic rings. The molecule has 1 N–H and O–H groups in total. The zero-order valence-corrected chi connectivity index (χ0v) is 16.0. The second-order valence-corrected chi connectivity index (χ2v) is 7.51. The Kier molecular flexibility index (Phi) is 6.02. The highest BCUT2D eigenvalue weighted by Crippen LogP contribution is 2.20. The van der Waals surface area contributed by atoms with Gasteiger partial charge in [0.2, 0.25) is 5.91 Å². The molecule has 1 fully saturated rings. The summed E-state index contributed by atoms with van der Waals surface area (Å²) in [5.74, 6) is -1.01. The van der Waals surface area contributed by atoms with E-state index < -0.39 is 35.6 Å². The van der Waals surface area contributed by atoms with E-state index in [2.05, 4.69) is 5.32 Å². The van der Waals surface area contributed by atoms with Gasteiger partial charge in [0, 0.05) is 13.6 Å². The lowest BCUT2D eigenvalue weighted by atomic mass is 10.1. The molecule has 1 saturated heterocycles. The second-order valence-electron chi connectivity index (χ2n) is 7.51. The van der Waals surface area contributed by atoms with Crippen molar-refractivity contribution in [1.29, 1.82) is 0 Å². The van der Waals surface area contributed by atoms with Crippen LogP contribution in [0, 0.1) is 0 Å². The predicted octanol–water partition coefficient (Wildman–Crippen LogP) is 1.77. The van der Waals surface area contributed by atoms with Gasteiger partial charge in [0.15, 0.2) is 6.04 Å². The van der Waals surface area contributed by atoms with E-state index >= 15 is 0 Å². The summed E-state index contributed by atoms with van der Waals surface area (Å²) in [5.41, 5.74) is 0.341. The van der Waals surface area contributed by atoms with Crippen LogP contribution in [0.2, 0.25) is 0 Å². The van der Waals surface area contributed by atoms with Crippen LogP contribution in [0.1, 0.15) is 33.3 Å². The number of nitrogens with one attached hydrogen (secondary N) is 1. The van der Waals surface area contributed by atoms with Crippen molar-refractivity contribution in [3.05, 3.63) is 35.9 Å². The van der Waals surface area contributed by atoms with Crippen LogP contribution in [0.5, 0.6) is 0 Å². The van der Waals surface area contributed by atoms with Crippen LogP contribution in [0.25, 0.3) is 0 Å². The molecule has 0 radical (unpaired) electrons. The maximum atomic E-state index is 12.8. The molecule has 1 aliphatic heterocycles. The number of amides is 3. The first kappa shape index (κ1) is 19.9. The monoisotopic (exact) mass is 361 g/mol. The highest BCUT2D eigenvalue weighted by Gasteiger charge is 2.46. The third-order valence-corrected chi connectivity index (χ3v) is 4.03. The van der Waals surface area contributed by atoms with Gasteiger partial charge in [0.25, 0.3) is 0 Å². The van der Waals surface area contributed by atoms with Crippen LogP contribution in [-0.4, -0.2) is 59.0 Å². The number of hydrogen-bond donors (Lipinski definition) is 1. The molecule has 0 bridgehead atoms. The number of carbonyl (C=O) groups excluding carboxylic acids is 3. The van der Waals surface area contributed by atoms with Crippen molar-refractivity contribution in [2.45, 2.75) is 51.9 Å². The van der Waals surface area contributed by atoms with Gasteiger partial charge >= 0.3 is 12.0 Å². The van der Waals surface area contributed by atoms with Crippen LogP contribution in [0.3, 0.4) is 0 Å². The highest BCUT2D eigenvalue weighted by atomic mass is 16.6. The van der Waals surface area contributed by atoms with E-state index in [9.17, 15) is 14.4 Å². The Bertz CT molecular complexity index is 669. The van der Waals surface area contributed by atoms with Crippen molar-refractivity contribution in [2.24, 2.45) is 0 Å². The van der Waals surface area contributed by atoms with E-state index in [1.54, 1.807) is 34.7 Å². The number of urea groups is 1. The van der Waals surface area contributed by atoms with Gasteiger partial charge in [-0.25, -0.2) is 14.5 Å². The average Bonchev–Trinajstić information content (AvgIpc) is 2.87. The molecule has 0 aliphatic carbocycles. The van der Waals surface area contributed by atoms with Crippen LogP contribution in [0.15, 0.2) is 30.3 Å². The summed E-state index contributed by atoms with van der Waals surface area (Å²) in [6, 6.07) is 7.62. The van der Waals surface area contributed by atoms with Crippen LogP contribution in [-0.2, 0) is 20.9 Å². The molecule has 26 heavy (non-hydrogen) atoms. The minimum absolute atomic E-state index is 0.130. The molecule has 1 aromatic carbocycles. The number of carbonyl (C=O) groups is 3. The van der Waals surface area contributed by atoms with Crippen molar-refractivity contribution < 1.29 is 19.1 Å². The highest BCUT2D eigenvalue weighted by molar-refractivity contribution is 6.03. The van der Waals surface area contributed by atoms with Crippen molar-refractivity contribution in [1.82, 2.24) is 15.1 Å². The minimum atomic E-state index is -0.930. The fourth-order valence-corrected chi connectivity index (χ4v) is 2.70. The standard InChI is InChI=1S/C19H27N3O4/c1-13(20-11-14-9-7-6-8-10-14)16(23)22-15(12-21(5)18(22)25)17(24)26-19(2,3)4/h6-10,13,15,20H,11-12H2,1-5H3/t13-,15-/m0/s1. The van der Waals surface area contributed by atoms with Gasteiger partial charge in [-0.05, 0) is 33.3 Å². The largest absolute Gasteiger partial charge is 0.458 e. The van der Waals surface area contributed by atoms with E-state index in [0.717, 1.165) is 10.5 Å². The van der Waals surface area contributed by atoms with Crippen molar-refractivity contribution in [2.75, 3.05) is 13.6 Å². The number of likely N-dealkylation sites (N-methyl/N-ethyl adjacent to an activating group) is 1. The molecule has 1 aromatic rings. The quantitative estimate of drug-likeness (QED) is 0.809. The molecule has 7 heteroatoms. The van der Waals surface area contributed by atoms with Gasteiger partial charge in [-0.1, -0.05) is 30.3 Å². The Morgan fingerprint density at radius 1 is 1.27 bits per heavy atom. The molecule has 0 spiro atoms. The smallest absolute Gasteiger partial charge is 0.331 e. The number of nitrogens with zero attached hydrogens (tertiary/aromatic N) is 2. The van der Waals surface area contributed by atoms with E-state index in [0.29, 0.717) is 6.54 Å². The Balaban J connectivity index is 2.07. The molecule has 7 nitrogen and oxygen atoms in total. The topological polar surface area (TPSA) is 79.0 Å². The first-order chi connectivity index (χ1) is 12.1. The molecule has 2 rings (SSSR count). The van der Waals surface area contributed by atoms with Crippen molar-refractivity contribution >= 4 is 17.9 Å². The van der Waals surface area contributed by atoms with Crippen molar-refractivity contribution in [3.63, 3.8) is 0 Å². The predicted molar refractivity (Wildman–Crippen MR) is 97.2 cm³/mol. The number of benzene rings is 1. The number of esters is 1. The molecule has 1 heterocycles. The zero-order valence-electron chi connectivity index (χ0n) is 16.0. The SMILES string of the molecule is C[C@H](NCc1ccccc1)C(=O)N1C(=O)N(C)C[C@H]1C(=O)OC(C)(C)C. The molecule has 142 valence electrons. The summed E-state index contributed by atoms with van der Waals surface area (Å²) in [6.45, 7) is 7.56. The molecule has 0 saturated carbocycles. The number of rotatable bonds is 5. The number of hydrogen-bond acceptors (Lipinski definition) is 5. The fraction of sp³-hybridized carbons (Fsp3) is 0.526. The lowest BCUT2D eigenvalue weighted by Crippen LogP contribution is -2.52. The van der Waals surface area contributed by atoms with Crippen molar-refractivity contribution in [3.8, 4) is 0 Å². The molecule has 3 amide bonds. The third kappa shape index (κ3) is 4.82. The summed E-state index contributed by atoms with van der Waals surface area (Å²) < 4.78 is 5.38. The van der Waals surface area contributed by atoms with Crippen LogP contribution in [0.4, 0.5) is 4.79 Å². The van der Waals surface area contributed by atoms with E-state index in [1.165, 1.54) is 4.90 Å². The molecule has 0 aromatic heterocycles. The molecule has 0 unspecified atom stereocenters. The Morgan fingerprint density at radius 3 is 2.46 bits per heavy atom. The first-order valence-electron chi connectivity index (χ1n) is 8.68. The van der Waals surface area contributed by atoms with Gasteiger partial charge in [-0.15, -0.1) is 0 Å². The van der Waals surface area contributed by atoms with E-state index in [1.807, 2.05) is 30.3 Å². The van der Waals surface area contributed by atoms with Gasteiger partial charge in [0.05, 0.1) is 12.6 Å². The Hall–Kier alpha value is -2.41. The zero-order chi connectivity index (χ0) is 19.5. The van der Waals surface area contributed by atoms with Gasteiger partial charge in [0.1, 0.15) is 5.60 Å². The fourth-order valence-electron chi connectivity index (χ4n) is 2.70. The van der Waals surface area contributed by atoms with Gasteiger partial charge in [-0.3, -0.25) is 4.79 Å². The summed E-state index contributed by atoms with van der Waals surface area (Å²) in [5, 5.41) is 3.10.